The Hall–Kier alpha value is -4.11. The molecule has 7 nitrogen and oxygen atoms in total. The Balaban J connectivity index is 1.71. The van der Waals surface area contributed by atoms with Crippen LogP contribution < -0.4 is 9.64 Å². The van der Waals surface area contributed by atoms with E-state index in [2.05, 4.69) is 9.97 Å². The lowest BCUT2D eigenvalue weighted by molar-refractivity contribution is -0.132. The van der Waals surface area contributed by atoms with Gasteiger partial charge in [-0.25, -0.2) is 9.37 Å². The SMILES string of the molecule is CCOc1ccc2nc(N3C(=O)C(=O)C(=C(O)c4ccncc4)C3c3ccccc3F)sc2c1. The number of aliphatic hydroxyl groups is 1. The number of anilines is 1. The van der Waals surface area contributed by atoms with E-state index in [0.29, 0.717) is 23.4 Å². The summed E-state index contributed by atoms with van der Waals surface area (Å²) in [5.74, 6) is -2.18. The molecule has 9 heteroatoms. The van der Waals surface area contributed by atoms with Crippen molar-refractivity contribution in [1.82, 2.24) is 9.97 Å². The molecule has 0 aliphatic carbocycles. The van der Waals surface area contributed by atoms with Crippen LogP contribution in [0.15, 0.2) is 72.6 Å². The fourth-order valence-corrected chi connectivity index (χ4v) is 4.96. The molecular formula is C25H18FN3O4S. The zero-order valence-electron chi connectivity index (χ0n) is 17.9. The number of ether oxygens (including phenoxy) is 1. The summed E-state index contributed by atoms with van der Waals surface area (Å²) in [6, 6.07) is 13.0. The van der Waals surface area contributed by atoms with Crippen molar-refractivity contribution in [2.75, 3.05) is 11.5 Å². The minimum atomic E-state index is -1.19. The van der Waals surface area contributed by atoms with E-state index in [1.807, 2.05) is 6.92 Å². The smallest absolute Gasteiger partial charge is 0.301 e. The molecule has 1 aliphatic heterocycles. The predicted octanol–water partition coefficient (Wildman–Crippen LogP) is 4.86. The standard InChI is InChI=1S/C25H18FN3O4S/c1-2-33-15-7-8-18-19(13-15)34-25(28-18)29-21(16-5-3-4-6-17(16)26)20(23(31)24(29)32)22(30)14-9-11-27-12-10-14/h3-13,21,30H,2H2,1H3. The Morgan fingerprint density at radius 3 is 2.65 bits per heavy atom. The highest BCUT2D eigenvalue weighted by Gasteiger charge is 2.49. The van der Waals surface area contributed by atoms with Crippen LogP contribution >= 0.6 is 11.3 Å². The highest BCUT2D eigenvalue weighted by molar-refractivity contribution is 7.22. The Kier molecular flexibility index (Phi) is 5.54. The van der Waals surface area contributed by atoms with Gasteiger partial charge in [-0.2, -0.15) is 0 Å². The van der Waals surface area contributed by atoms with E-state index in [0.717, 1.165) is 9.60 Å². The van der Waals surface area contributed by atoms with Gasteiger partial charge in [-0.05, 0) is 43.3 Å². The molecule has 2 aromatic heterocycles. The van der Waals surface area contributed by atoms with Gasteiger partial charge >= 0.3 is 5.91 Å². The van der Waals surface area contributed by atoms with E-state index in [-0.39, 0.29) is 16.3 Å². The van der Waals surface area contributed by atoms with E-state index in [9.17, 15) is 19.1 Å². The van der Waals surface area contributed by atoms with E-state index in [1.165, 1.54) is 54.1 Å². The summed E-state index contributed by atoms with van der Waals surface area (Å²) in [4.78, 5) is 36.0. The number of carbonyl (C=O) groups is 2. The molecule has 2 aromatic carbocycles. The molecule has 1 aliphatic rings. The zero-order valence-corrected chi connectivity index (χ0v) is 18.8. The number of amides is 1. The number of benzene rings is 2. The van der Waals surface area contributed by atoms with Crippen LogP contribution in [0.3, 0.4) is 0 Å². The molecule has 1 atom stereocenters. The molecule has 0 radical (unpaired) electrons. The third-order valence-corrected chi connectivity index (χ3v) is 6.48. The molecule has 5 rings (SSSR count). The summed E-state index contributed by atoms with van der Waals surface area (Å²) in [6.07, 6.45) is 2.90. The molecule has 1 saturated heterocycles. The third-order valence-electron chi connectivity index (χ3n) is 5.46. The van der Waals surface area contributed by atoms with Gasteiger partial charge in [0.15, 0.2) is 5.13 Å². The van der Waals surface area contributed by atoms with Crippen LogP contribution in [-0.2, 0) is 9.59 Å². The van der Waals surface area contributed by atoms with E-state index >= 15 is 0 Å². The number of nitrogens with zero attached hydrogens (tertiary/aromatic N) is 3. The second-order valence-electron chi connectivity index (χ2n) is 7.49. The van der Waals surface area contributed by atoms with Gasteiger partial charge in [-0.15, -0.1) is 0 Å². The van der Waals surface area contributed by atoms with Crippen LogP contribution in [0.25, 0.3) is 16.0 Å². The molecular weight excluding hydrogens is 457 g/mol. The number of rotatable bonds is 5. The summed E-state index contributed by atoms with van der Waals surface area (Å²) >= 11 is 1.18. The predicted molar refractivity (Wildman–Crippen MR) is 126 cm³/mol. The number of pyridine rings is 1. The third kappa shape index (κ3) is 3.60. The minimum Gasteiger partial charge on any atom is -0.507 e. The molecule has 34 heavy (non-hydrogen) atoms. The van der Waals surface area contributed by atoms with Crippen molar-refractivity contribution in [2.45, 2.75) is 13.0 Å². The quantitative estimate of drug-likeness (QED) is 0.252. The molecule has 4 aromatic rings. The first-order valence-electron chi connectivity index (χ1n) is 10.5. The van der Waals surface area contributed by atoms with Crippen LogP contribution in [0.1, 0.15) is 24.1 Å². The van der Waals surface area contributed by atoms with Crippen molar-refractivity contribution in [3.63, 3.8) is 0 Å². The Bertz CT molecular complexity index is 1450. The van der Waals surface area contributed by atoms with Crippen LogP contribution in [0, 0.1) is 5.82 Å². The molecule has 1 unspecified atom stereocenters. The largest absolute Gasteiger partial charge is 0.507 e. The first kappa shape index (κ1) is 21.7. The summed E-state index contributed by atoms with van der Waals surface area (Å²) in [5, 5.41) is 11.2. The van der Waals surface area contributed by atoms with E-state index in [4.69, 9.17) is 4.74 Å². The highest BCUT2D eigenvalue weighted by Crippen LogP contribution is 2.45. The van der Waals surface area contributed by atoms with Crippen LogP contribution in [0.2, 0.25) is 0 Å². The molecule has 0 bridgehead atoms. The molecule has 3 heterocycles. The highest BCUT2D eigenvalue weighted by atomic mass is 32.1. The number of aromatic nitrogens is 2. The maximum absolute atomic E-state index is 15.0. The minimum absolute atomic E-state index is 0.0755. The second kappa shape index (κ2) is 8.68. The summed E-state index contributed by atoms with van der Waals surface area (Å²) in [6.45, 7) is 2.37. The number of aliphatic hydroxyl groups excluding tert-OH is 1. The van der Waals surface area contributed by atoms with Gasteiger partial charge in [-0.1, -0.05) is 29.5 Å². The lowest BCUT2D eigenvalue weighted by Gasteiger charge is -2.23. The average Bonchev–Trinajstić information content (AvgIpc) is 3.37. The van der Waals surface area contributed by atoms with Crippen LogP contribution in [-0.4, -0.2) is 33.4 Å². The van der Waals surface area contributed by atoms with Crippen molar-refractivity contribution in [2.24, 2.45) is 0 Å². The number of ketones is 1. The molecule has 0 saturated carbocycles. The molecule has 1 amide bonds. The van der Waals surface area contributed by atoms with Crippen molar-refractivity contribution in [1.29, 1.82) is 0 Å². The number of thiazole rings is 1. The molecule has 1 N–H and O–H groups in total. The van der Waals surface area contributed by atoms with Crippen LogP contribution in [0.4, 0.5) is 9.52 Å². The average molecular weight is 476 g/mol. The maximum atomic E-state index is 15.0. The number of hydrogen-bond donors (Lipinski definition) is 1. The van der Waals surface area contributed by atoms with Crippen molar-refractivity contribution in [3.8, 4) is 5.75 Å². The molecule has 1 fully saturated rings. The first-order chi connectivity index (χ1) is 16.5. The van der Waals surface area contributed by atoms with Crippen molar-refractivity contribution < 1.29 is 23.8 Å². The monoisotopic (exact) mass is 475 g/mol. The normalized spacial score (nSPS) is 17.5. The fraction of sp³-hybridized carbons (Fsp3) is 0.120. The van der Waals surface area contributed by atoms with Gasteiger partial charge in [0.2, 0.25) is 0 Å². The number of Topliss-reactive ketones (excluding diaryl/α,β-unsaturated/α-hetero) is 1. The lowest BCUT2D eigenvalue weighted by atomic mass is 9.95. The molecule has 170 valence electrons. The molecule has 0 spiro atoms. The number of hydrogen-bond acceptors (Lipinski definition) is 7. The van der Waals surface area contributed by atoms with Gasteiger partial charge in [-0.3, -0.25) is 19.5 Å². The first-order valence-corrected chi connectivity index (χ1v) is 11.3. The van der Waals surface area contributed by atoms with Gasteiger partial charge in [0.05, 0.1) is 22.4 Å². The van der Waals surface area contributed by atoms with Gasteiger partial charge in [0.25, 0.3) is 5.78 Å². The lowest BCUT2D eigenvalue weighted by Crippen LogP contribution is -2.29. The Morgan fingerprint density at radius 1 is 1.15 bits per heavy atom. The van der Waals surface area contributed by atoms with Crippen molar-refractivity contribution >= 4 is 44.1 Å². The van der Waals surface area contributed by atoms with Gasteiger partial charge in [0.1, 0.15) is 23.4 Å². The van der Waals surface area contributed by atoms with E-state index < -0.39 is 29.3 Å². The Morgan fingerprint density at radius 2 is 1.91 bits per heavy atom. The zero-order chi connectivity index (χ0) is 23.8. The second-order valence-corrected chi connectivity index (χ2v) is 8.49. The number of carbonyl (C=O) groups excluding carboxylic acids is 2. The number of fused-ring (bicyclic) bond motifs is 1. The summed E-state index contributed by atoms with van der Waals surface area (Å²) in [5.41, 5.74) is 0.758. The van der Waals surface area contributed by atoms with Gasteiger partial charge in [0, 0.05) is 23.5 Å². The van der Waals surface area contributed by atoms with Crippen molar-refractivity contribution in [3.05, 3.63) is 89.5 Å². The van der Waals surface area contributed by atoms with E-state index in [1.54, 1.807) is 24.3 Å². The van der Waals surface area contributed by atoms with Gasteiger partial charge < -0.3 is 9.84 Å². The maximum Gasteiger partial charge on any atom is 0.301 e. The summed E-state index contributed by atoms with van der Waals surface area (Å²) in [7, 11) is 0. The number of halogens is 1. The Labute approximate surface area is 197 Å². The summed E-state index contributed by atoms with van der Waals surface area (Å²) < 4.78 is 21.2. The topological polar surface area (TPSA) is 92.6 Å². The fourth-order valence-electron chi connectivity index (χ4n) is 3.94. The van der Waals surface area contributed by atoms with Crippen LogP contribution in [0.5, 0.6) is 5.75 Å².